The van der Waals surface area contributed by atoms with Crippen LogP contribution in [0.4, 0.5) is 0 Å². The van der Waals surface area contributed by atoms with Crippen LogP contribution in [0.5, 0.6) is 0 Å². The summed E-state index contributed by atoms with van der Waals surface area (Å²) in [5.74, 6) is 0.834. The third kappa shape index (κ3) is 3.30. The Morgan fingerprint density at radius 3 is 2.76 bits per heavy atom. The molecule has 1 saturated heterocycles. The number of hydrogen-bond acceptors (Lipinski definition) is 3. The summed E-state index contributed by atoms with van der Waals surface area (Å²) >= 11 is 0. The molecule has 1 fully saturated rings. The molecular formula is C12H20N4O. The third-order valence-corrected chi connectivity index (χ3v) is 3.41. The Balaban J connectivity index is 1.73. The van der Waals surface area contributed by atoms with Gasteiger partial charge in [0.1, 0.15) is 0 Å². The number of likely N-dealkylation sites (tertiary alicyclic amines) is 1. The molecule has 94 valence electrons. The fourth-order valence-corrected chi connectivity index (χ4v) is 2.22. The Hall–Kier alpha value is -1.36. The quantitative estimate of drug-likeness (QED) is 0.826. The van der Waals surface area contributed by atoms with Crippen molar-refractivity contribution < 1.29 is 4.79 Å². The second-order valence-electron chi connectivity index (χ2n) is 4.58. The van der Waals surface area contributed by atoms with Gasteiger partial charge in [-0.05, 0) is 31.4 Å². The number of piperidine rings is 1. The third-order valence-electron chi connectivity index (χ3n) is 3.41. The SMILES string of the molecule is NCC1CCN(C(=O)CCn2cccn2)CC1. The number of nitrogens with zero attached hydrogens (tertiary/aromatic N) is 3. The molecule has 5 nitrogen and oxygen atoms in total. The Labute approximate surface area is 102 Å². The lowest BCUT2D eigenvalue weighted by molar-refractivity contribution is -0.132. The van der Waals surface area contributed by atoms with Crippen LogP contribution in [-0.2, 0) is 11.3 Å². The number of aromatic nitrogens is 2. The lowest BCUT2D eigenvalue weighted by Crippen LogP contribution is -2.40. The molecule has 5 heteroatoms. The maximum atomic E-state index is 11.9. The Kier molecular flexibility index (Phi) is 4.14. The lowest BCUT2D eigenvalue weighted by atomic mass is 9.97. The van der Waals surface area contributed by atoms with Crippen molar-refractivity contribution in [3.8, 4) is 0 Å². The van der Waals surface area contributed by atoms with E-state index in [2.05, 4.69) is 5.10 Å². The fraction of sp³-hybridized carbons (Fsp3) is 0.667. The zero-order valence-corrected chi connectivity index (χ0v) is 10.1. The molecule has 17 heavy (non-hydrogen) atoms. The molecule has 1 aromatic rings. The van der Waals surface area contributed by atoms with Crippen LogP contribution in [0.15, 0.2) is 18.5 Å². The summed E-state index contributed by atoms with van der Waals surface area (Å²) in [6.45, 7) is 3.14. The van der Waals surface area contributed by atoms with Gasteiger partial charge in [0.15, 0.2) is 0 Å². The first-order valence-electron chi connectivity index (χ1n) is 6.25. The maximum Gasteiger partial charge on any atom is 0.224 e. The molecule has 0 aromatic carbocycles. The summed E-state index contributed by atoms with van der Waals surface area (Å²) in [5, 5.41) is 4.09. The highest BCUT2D eigenvalue weighted by atomic mass is 16.2. The van der Waals surface area contributed by atoms with E-state index < -0.39 is 0 Å². The van der Waals surface area contributed by atoms with Gasteiger partial charge in [-0.3, -0.25) is 9.48 Å². The lowest BCUT2D eigenvalue weighted by Gasteiger charge is -2.31. The minimum absolute atomic E-state index is 0.232. The van der Waals surface area contributed by atoms with Gasteiger partial charge in [0.2, 0.25) is 5.91 Å². The molecule has 0 bridgehead atoms. The van der Waals surface area contributed by atoms with Crippen molar-refractivity contribution in [1.82, 2.24) is 14.7 Å². The van der Waals surface area contributed by atoms with E-state index in [0.29, 0.717) is 18.9 Å². The highest BCUT2D eigenvalue weighted by Gasteiger charge is 2.21. The molecular weight excluding hydrogens is 216 g/mol. The van der Waals surface area contributed by atoms with Gasteiger partial charge >= 0.3 is 0 Å². The second-order valence-corrected chi connectivity index (χ2v) is 4.58. The smallest absolute Gasteiger partial charge is 0.224 e. The first-order chi connectivity index (χ1) is 8.29. The normalized spacial score (nSPS) is 17.4. The first kappa shape index (κ1) is 12.1. The molecule has 1 aliphatic heterocycles. The number of hydrogen-bond donors (Lipinski definition) is 1. The molecule has 1 aromatic heterocycles. The van der Waals surface area contributed by atoms with Crippen LogP contribution < -0.4 is 5.73 Å². The van der Waals surface area contributed by atoms with Crippen molar-refractivity contribution in [2.45, 2.75) is 25.8 Å². The van der Waals surface area contributed by atoms with E-state index in [9.17, 15) is 4.79 Å². The van der Waals surface area contributed by atoms with Crippen molar-refractivity contribution >= 4 is 5.91 Å². The van der Waals surface area contributed by atoms with E-state index in [0.717, 1.165) is 32.5 Å². The Morgan fingerprint density at radius 1 is 1.41 bits per heavy atom. The van der Waals surface area contributed by atoms with Gasteiger partial charge in [-0.1, -0.05) is 0 Å². The number of rotatable bonds is 4. The van der Waals surface area contributed by atoms with Gasteiger partial charge < -0.3 is 10.6 Å². The molecule has 2 rings (SSSR count). The van der Waals surface area contributed by atoms with Crippen LogP contribution >= 0.6 is 0 Å². The topological polar surface area (TPSA) is 64.2 Å². The van der Waals surface area contributed by atoms with Crippen LogP contribution in [0.1, 0.15) is 19.3 Å². The van der Waals surface area contributed by atoms with E-state index in [1.165, 1.54) is 0 Å². The Morgan fingerprint density at radius 2 is 2.18 bits per heavy atom. The minimum Gasteiger partial charge on any atom is -0.343 e. The Bertz CT molecular complexity index is 341. The number of amides is 1. The molecule has 0 radical (unpaired) electrons. The average molecular weight is 236 g/mol. The zero-order valence-electron chi connectivity index (χ0n) is 10.1. The van der Waals surface area contributed by atoms with Crippen LogP contribution in [0.25, 0.3) is 0 Å². The van der Waals surface area contributed by atoms with Crippen molar-refractivity contribution in [2.75, 3.05) is 19.6 Å². The van der Waals surface area contributed by atoms with Gasteiger partial charge in [-0.15, -0.1) is 0 Å². The summed E-state index contributed by atoms with van der Waals surface area (Å²) in [5.41, 5.74) is 5.63. The monoisotopic (exact) mass is 236 g/mol. The van der Waals surface area contributed by atoms with Crippen LogP contribution in [-0.4, -0.2) is 40.2 Å². The predicted molar refractivity (Wildman–Crippen MR) is 65.2 cm³/mol. The van der Waals surface area contributed by atoms with Gasteiger partial charge in [0.05, 0.1) is 0 Å². The molecule has 2 N–H and O–H groups in total. The highest BCUT2D eigenvalue weighted by molar-refractivity contribution is 5.76. The standard InChI is InChI=1S/C12H20N4O/c13-10-11-2-7-15(8-3-11)12(17)4-9-16-6-1-5-14-16/h1,5-6,11H,2-4,7-10,13H2. The van der Waals surface area contributed by atoms with Gasteiger partial charge in [-0.2, -0.15) is 5.10 Å². The number of carbonyl (C=O) groups excluding carboxylic acids is 1. The summed E-state index contributed by atoms with van der Waals surface area (Å²) < 4.78 is 1.80. The van der Waals surface area contributed by atoms with E-state index in [-0.39, 0.29) is 5.91 Å². The molecule has 1 aliphatic rings. The van der Waals surface area contributed by atoms with Crippen molar-refractivity contribution in [2.24, 2.45) is 11.7 Å². The van der Waals surface area contributed by atoms with E-state index in [4.69, 9.17) is 5.73 Å². The summed E-state index contributed by atoms with van der Waals surface area (Å²) in [4.78, 5) is 13.9. The molecule has 0 atom stereocenters. The van der Waals surface area contributed by atoms with Crippen molar-refractivity contribution in [1.29, 1.82) is 0 Å². The number of nitrogens with two attached hydrogens (primary N) is 1. The summed E-state index contributed by atoms with van der Waals surface area (Å²) in [6, 6.07) is 1.87. The fourth-order valence-electron chi connectivity index (χ4n) is 2.22. The summed E-state index contributed by atoms with van der Waals surface area (Å²) in [6.07, 6.45) is 6.24. The molecule has 0 spiro atoms. The molecule has 1 amide bonds. The van der Waals surface area contributed by atoms with Crippen LogP contribution in [0, 0.1) is 5.92 Å². The average Bonchev–Trinajstić information content (AvgIpc) is 2.89. The molecule has 0 saturated carbocycles. The van der Waals surface area contributed by atoms with Gasteiger partial charge in [0, 0.05) is 38.4 Å². The second kappa shape index (κ2) is 5.82. The largest absolute Gasteiger partial charge is 0.343 e. The van der Waals surface area contributed by atoms with Crippen LogP contribution in [0.2, 0.25) is 0 Å². The molecule has 2 heterocycles. The predicted octanol–water partition coefficient (Wildman–Crippen LogP) is 0.470. The first-order valence-corrected chi connectivity index (χ1v) is 6.25. The minimum atomic E-state index is 0.232. The van der Waals surface area contributed by atoms with Gasteiger partial charge in [0.25, 0.3) is 0 Å². The van der Waals surface area contributed by atoms with E-state index >= 15 is 0 Å². The maximum absolute atomic E-state index is 11.9. The van der Waals surface area contributed by atoms with Gasteiger partial charge in [-0.25, -0.2) is 0 Å². The number of aryl methyl sites for hydroxylation is 1. The van der Waals surface area contributed by atoms with E-state index in [1.54, 1.807) is 10.9 Å². The number of carbonyl (C=O) groups is 1. The zero-order chi connectivity index (χ0) is 12.1. The van der Waals surface area contributed by atoms with Crippen LogP contribution in [0.3, 0.4) is 0 Å². The van der Waals surface area contributed by atoms with Crippen molar-refractivity contribution in [3.63, 3.8) is 0 Å². The molecule has 0 aliphatic carbocycles. The van der Waals surface area contributed by atoms with E-state index in [1.807, 2.05) is 17.2 Å². The highest BCUT2D eigenvalue weighted by Crippen LogP contribution is 2.16. The summed E-state index contributed by atoms with van der Waals surface area (Å²) in [7, 11) is 0. The molecule has 0 unspecified atom stereocenters. The van der Waals surface area contributed by atoms with Crippen molar-refractivity contribution in [3.05, 3.63) is 18.5 Å².